The number of hydrogen-bond acceptors (Lipinski definition) is 4. The Bertz CT molecular complexity index is 1530. The van der Waals surface area contributed by atoms with Crippen LogP contribution in [0.4, 0.5) is 5.69 Å². The maximum absolute atomic E-state index is 12.9. The van der Waals surface area contributed by atoms with Gasteiger partial charge in [-0.25, -0.2) is 4.98 Å². The fourth-order valence-electron chi connectivity index (χ4n) is 5.59. The van der Waals surface area contributed by atoms with Crippen LogP contribution in [0.5, 0.6) is 0 Å². The lowest BCUT2D eigenvalue weighted by molar-refractivity contribution is -0.117. The lowest BCUT2D eigenvalue weighted by Gasteiger charge is -2.21. The molecule has 2 aliphatic heterocycles. The van der Waals surface area contributed by atoms with Gasteiger partial charge in [-0.05, 0) is 60.4 Å². The van der Waals surface area contributed by atoms with Crippen molar-refractivity contribution in [3.05, 3.63) is 78.2 Å². The molecule has 35 heavy (non-hydrogen) atoms. The number of benzene rings is 2. The Labute approximate surface area is 203 Å². The number of nitriles is 1. The van der Waals surface area contributed by atoms with Crippen LogP contribution in [-0.4, -0.2) is 32.1 Å². The molecule has 2 N–H and O–H groups in total. The van der Waals surface area contributed by atoms with Gasteiger partial charge in [-0.2, -0.15) is 5.26 Å². The summed E-state index contributed by atoms with van der Waals surface area (Å²) in [5, 5.41) is 9.12. The van der Waals surface area contributed by atoms with Gasteiger partial charge in [-0.15, -0.1) is 0 Å². The van der Waals surface area contributed by atoms with Gasteiger partial charge in [0.15, 0.2) is 5.82 Å². The van der Waals surface area contributed by atoms with Crippen molar-refractivity contribution in [1.29, 1.82) is 5.26 Å². The SMILES string of the molecule is N#Cc1ccc(-c2cc3n(c2)Cc2cc(N4CC(C5(N)CC5)CC4=O)ccc2-n2ccnc2-3)cc1. The van der Waals surface area contributed by atoms with Crippen molar-refractivity contribution in [2.75, 3.05) is 11.4 Å². The molecule has 4 aromatic rings. The first-order valence-corrected chi connectivity index (χ1v) is 12.0. The van der Waals surface area contributed by atoms with E-state index in [-0.39, 0.29) is 17.4 Å². The van der Waals surface area contributed by atoms with Crippen LogP contribution in [0.15, 0.2) is 67.1 Å². The number of imidazole rings is 1. The normalized spacial score (nSPS) is 19.5. The molecule has 2 aromatic carbocycles. The van der Waals surface area contributed by atoms with E-state index < -0.39 is 0 Å². The Morgan fingerprint density at radius 2 is 1.91 bits per heavy atom. The smallest absolute Gasteiger partial charge is 0.227 e. The molecule has 4 heterocycles. The molecule has 7 heteroatoms. The molecule has 1 aliphatic carbocycles. The Hall–Kier alpha value is -4.15. The largest absolute Gasteiger partial charge is 0.340 e. The number of fused-ring (bicyclic) bond motifs is 5. The topological polar surface area (TPSA) is 92.9 Å². The predicted molar refractivity (Wildman–Crippen MR) is 133 cm³/mol. The monoisotopic (exact) mass is 460 g/mol. The van der Waals surface area contributed by atoms with Crippen molar-refractivity contribution in [3.63, 3.8) is 0 Å². The van der Waals surface area contributed by atoms with E-state index >= 15 is 0 Å². The van der Waals surface area contributed by atoms with Crippen LogP contribution < -0.4 is 10.6 Å². The molecular formula is C28H24N6O. The van der Waals surface area contributed by atoms with E-state index in [0.29, 0.717) is 25.1 Å². The summed E-state index contributed by atoms with van der Waals surface area (Å²) in [5.41, 5.74) is 13.2. The zero-order valence-corrected chi connectivity index (χ0v) is 19.2. The van der Waals surface area contributed by atoms with Crippen LogP contribution in [0.25, 0.3) is 28.3 Å². The van der Waals surface area contributed by atoms with Crippen LogP contribution in [0.1, 0.15) is 30.4 Å². The number of aromatic nitrogens is 3. The third kappa shape index (κ3) is 3.14. The molecule has 2 aromatic heterocycles. The molecule has 1 saturated carbocycles. The van der Waals surface area contributed by atoms with Gasteiger partial charge in [-0.3, -0.25) is 9.36 Å². The fourth-order valence-corrected chi connectivity index (χ4v) is 5.59. The van der Waals surface area contributed by atoms with E-state index in [9.17, 15) is 4.79 Å². The van der Waals surface area contributed by atoms with Gasteiger partial charge < -0.3 is 15.2 Å². The van der Waals surface area contributed by atoms with Gasteiger partial charge in [0.25, 0.3) is 0 Å². The average molecular weight is 461 g/mol. The highest BCUT2D eigenvalue weighted by Crippen LogP contribution is 2.45. The molecule has 1 atom stereocenters. The van der Waals surface area contributed by atoms with Crippen LogP contribution in [0.3, 0.4) is 0 Å². The third-order valence-corrected chi connectivity index (χ3v) is 7.85. The second-order valence-electron chi connectivity index (χ2n) is 10.0. The first-order chi connectivity index (χ1) is 17.0. The summed E-state index contributed by atoms with van der Waals surface area (Å²) < 4.78 is 4.34. The lowest BCUT2D eigenvalue weighted by atomic mass is 9.97. The number of rotatable bonds is 3. The summed E-state index contributed by atoms with van der Waals surface area (Å²) in [6.45, 7) is 1.37. The summed E-state index contributed by atoms with van der Waals surface area (Å²) in [5.74, 6) is 1.28. The third-order valence-electron chi connectivity index (χ3n) is 7.85. The molecule has 1 unspecified atom stereocenters. The number of amides is 1. The van der Waals surface area contributed by atoms with Crippen molar-refractivity contribution in [1.82, 2.24) is 14.1 Å². The zero-order chi connectivity index (χ0) is 23.7. The number of carbonyl (C=O) groups is 1. The maximum Gasteiger partial charge on any atom is 0.227 e. The molecule has 172 valence electrons. The summed E-state index contributed by atoms with van der Waals surface area (Å²) in [6, 6.07) is 18.3. The number of hydrogen-bond donors (Lipinski definition) is 1. The van der Waals surface area contributed by atoms with Gasteiger partial charge in [0.05, 0.1) is 23.0 Å². The van der Waals surface area contributed by atoms with E-state index in [2.05, 4.69) is 44.6 Å². The number of anilines is 1. The molecule has 2 fully saturated rings. The number of nitrogens with zero attached hydrogens (tertiary/aromatic N) is 5. The summed E-state index contributed by atoms with van der Waals surface area (Å²) in [4.78, 5) is 19.5. The molecular weight excluding hydrogens is 436 g/mol. The van der Waals surface area contributed by atoms with E-state index in [0.717, 1.165) is 52.4 Å². The maximum atomic E-state index is 12.9. The fraction of sp³-hybridized carbons (Fsp3) is 0.250. The lowest BCUT2D eigenvalue weighted by Crippen LogP contribution is -2.34. The molecule has 1 amide bonds. The van der Waals surface area contributed by atoms with Crippen molar-refractivity contribution in [2.45, 2.75) is 31.3 Å². The van der Waals surface area contributed by atoms with Crippen LogP contribution in [-0.2, 0) is 11.3 Å². The van der Waals surface area contributed by atoms with E-state index in [1.165, 1.54) is 0 Å². The Morgan fingerprint density at radius 1 is 1.09 bits per heavy atom. The molecule has 7 nitrogen and oxygen atoms in total. The second-order valence-corrected chi connectivity index (χ2v) is 10.0. The minimum atomic E-state index is -0.149. The summed E-state index contributed by atoms with van der Waals surface area (Å²) in [7, 11) is 0. The zero-order valence-electron chi connectivity index (χ0n) is 19.2. The van der Waals surface area contributed by atoms with Gasteiger partial charge in [-0.1, -0.05) is 12.1 Å². The van der Waals surface area contributed by atoms with Gasteiger partial charge in [0, 0.05) is 60.8 Å². The molecule has 0 bridgehead atoms. The number of nitrogens with two attached hydrogens (primary N) is 1. The van der Waals surface area contributed by atoms with Crippen molar-refractivity contribution in [2.24, 2.45) is 11.7 Å². The molecule has 1 saturated heterocycles. The Balaban J connectivity index is 1.28. The van der Waals surface area contributed by atoms with E-state index in [1.54, 1.807) is 0 Å². The minimum absolute atomic E-state index is 0.149. The van der Waals surface area contributed by atoms with E-state index in [1.807, 2.05) is 47.6 Å². The van der Waals surface area contributed by atoms with Crippen LogP contribution >= 0.6 is 0 Å². The standard InChI is InChI=1S/C28H24N6O/c29-14-18-1-3-19(4-2-18)20-12-25-27-31-9-10-33(27)24-6-5-23(11-21(24)16-32(25)15-20)34-17-22(13-26(34)35)28(30)7-8-28/h1-6,9-12,15,22H,7-8,13,16-17,30H2. The van der Waals surface area contributed by atoms with E-state index in [4.69, 9.17) is 11.0 Å². The van der Waals surface area contributed by atoms with Crippen LogP contribution in [0.2, 0.25) is 0 Å². The predicted octanol–water partition coefficient (Wildman–Crippen LogP) is 4.09. The molecule has 3 aliphatic rings. The minimum Gasteiger partial charge on any atom is -0.340 e. The van der Waals surface area contributed by atoms with Crippen molar-refractivity contribution < 1.29 is 4.79 Å². The van der Waals surface area contributed by atoms with Crippen LogP contribution in [0, 0.1) is 17.2 Å². The Morgan fingerprint density at radius 3 is 2.69 bits per heavy atom. The highest BCUT2D eigenvalue weighted by Gasteiger charge is 2.50. The first-order valence-electron chi connectivity index (χ1n) is 12.0. The van der Waals surface area contributed by atoms with Gasteiger partial charge in [0.1, 0.15) is 0 Å². The molecule has 7 rings (SSSR count). The number of carbonyl (C=O) groups excluding carboxylic acids is 1. The van der Waals surface area contributed by atoms with Gasteiger partial charge in [0.2, 0.25) is 5.91 Å². The quantitative estimate of drug-likeness (QED) is 0.439. The highest BCUT2D eigenvalue weighted by molar-refractivity contribution is 5.96. The highest BCUT2D eigenvalue weighted by atomic mass is 16.2. The van der Waals surface area contributed by atoms with Crippen molar-refractivity contribution >= 4 is 11.6 Å². The molecule has 0 spiro atoms. The summed E-state index contributed by atoms with van der Waals surface area (Å²) >= 11 is 0. The van der Waals surface area contributed by atoms with Gasteiger partial charge >= 0.3 is 0 Å². The van der Waals surface area contributed by atoms with Crippen molar-refractivity contribution in [3.8, 4) is 34.4 Å². The first kappa shape index (κ1) is 20.2. The summed E-state index contributed by atoms with van der Waals surface area (Å²) in [6.07, 6.45) is 8.52. The average Bonchev–Trinajstić information content (AvgIpc) is 3.21. The second kappa shape index (κ2) is 7.17. The molecule has 0 radical (unpaired) electrons. The Kier molecular flexibility index (Phi) is 4.15.